The van der Waals surface area contributed by atoms with Gasteiger partial charge in [0.25, 0.3) is 0 Å². The zero-order valence-electron chi connectivity index (χ0n) is 11.1. The lowest BCUT2D eigenvalue weighted by molar-refractivity contribution is -0.143. The second-order valence-electron chi connectivity index (χ2n) is 5.24. The second kappa shape index (κ2) is 6.25. The van der Waals surface area contributed by atoms with Gasteiger partial charge in [-0.1, -0.05) is 6.42 Å². The molecule has 2 N–H and O–H groups in total. The summed E-state index contributed by atoms with van der Waals surface area (Å²) in [5.74, 6) is -1.27. The number of rotatable bonds is 3. The first-order valence-electron chi connectivity index (χ1n) is 6.63. The number of benzene rings is 1. The largest absolute Gasteiger partial charge is 0.481 e. The van der Waals surface area contributed by atoms with Gasteiger partial charge in [-0.25, -0.2) is 0 Å². The molecule has 2 rings (SSSR count). The number of hydrogen-bond acceptors (Lipinski definition) is 2. The van der Waals surface area contributed by atoms with Gasteiger partial charge in [0.1, 0.15) is 0 Å². The summed E-state index contributed by atoms with van der Waals surface area (Å²) < 4.78 is 38.7. The molecule has 0 radical (unpaired) electrons. The third kappa shape index (κ3) is 4.12. The van der Waals surface area contributed by atoms with E-state index in [2.05, 4.69) is 21.2 Å². The number of carbonyl (C=O) groups is 1. The van der Waals surface area contributed by atoms with Crippen molar-refractivity contribution < 1.29 is 23.1 Å². The van der Waals surface area contributed by atoms with Crippen molar-refractivity contribution in [3.63, 3.8) is 0 Å². The highest BCUT2D eigenvalue weighted by molar-refractivity contribution is 9.10. The lowest BCUT2D eigenvalue weighted by Crippen LogP contribution is -2.31. The Morgan fingerprint density at radius 1 is 1.33 bits per heavy atom. The normalized spacial score (nSPS) is 22.9. The Morgan fingerprint density at radius 2 is 2.05 bits per heavy atom. The number of hydrogen-bond donors (Lipinski definition) is 2. The lowest BCUT2D eigenvalue weighted by atomic mass is 9.85. The van der Waals surface area contributed by atoms with E-state index in [0.29, 0.717) is 23.0 Å². The number of carboxylic acid groups (broad SMARTS) is 1. The monoisotopic (exact) mass is 365 g/mol. The maximum Gasteiger partial charge on any atom is 0.416 e. The summed E-state index contributed by atoms with van der Waals surface area (Å²) in [7, 11) is 0. The molecule has 1 aliphatic carbocycles. The molecular weight excluding hydrogens is 351 g/mol. The fraction of sp³-hybridized carbons (Fsp3) is 0.500. The summed E-state index contributed by atoms with van der Waals surface area (Å²) in [6, 6.07) is 3.28. The van der Waals surface area contributed by atoms with E-state index in [-0.39, 0.29) is 6.04 Å². The van der Waals surface area contributed by atoms with Crippen LogP contribution in [-0.4, -0.2) is 17.1 Å². The third-order valence-corrected chi connectivity index (χ3v) is 4.37. The van der Waals surface area contributed by atoms with Crippen LogP contribution in [0, 0.1) is 5.92 Å². The molecule has 1 aliphatic rings. The van der Waals surface area contributed by atoms with Gasteiger partial charge in [-0.05, 0) is 53.4 Å². The van der Waals surface area contributed by atoms with Gasteiger partial charge in [-0.15, -0.1) is 0 Å². The molecule has 116 valence electrons. The highest BCUT2D eigenvalue weighted by Gasteiger charge is 2.32. The van der Waals surface area contributed by atoms with Crippen LogP contribution in [0.3, 0.4) is 0 Å². The van der Waals surface area contributed by atoms with E-state index >= 15 is 0 Å². The molecule has 3 nitrogen and oxygen atoms in total. The number of nitrogens with one attached hydrogen (secondary N) is 1. The van der Waals surface area contributed by atoms with E-state index in [0.717, 1.165) is 25.0 Å². The number of carboxylic acids is 1. The fourth-order valence-corrected chi connectivity index (χ4v) is 2.94. The van der Waals surface area contributed by atoms with E-state index in [9.17, 15) is 18.0 Å². The Bertz CT molecular complexity index is 533. The summed E-state index contributed by atoms with van der Waals surface area (Å²) >= 11 is 3.22. The predicted octanol–water partition coefficient (Wildman–Crippen LogP) is 4.52. The van der Waals surface area contributed by atoms with Crippen molar-refractivity contribution in [3.8, 4) is 0 Å². The minimum Gasteiger partial charge on any atom is -0.481 e. The first kappa shape index (κ1) is 16.1. The van der Waals surface area contributed by atoms with Crippen molar-refractivity contribution in [1.82, 2.24) is 0 Å². The van der Waals surface area contributed by atoms with Crippen LogP contribution in [0.1, 0.15) is 31.2 Å². The van der Waals surface area contributed by atoms with Crippen LogP contribution in [0.5, 0.6) is 0 Å². The molecule has 0 heterocycles. The number of anilines is 1. The fourth-order valence-electron chi connectivity index (χ4n) is 2.58. The first-order valence-corrected chi connectivity index (χ1v) is 7.43. The van der Waals surface area contributed by atoms with Crippen molar-refractivity contribution in [2.75, 3.05) is 5.32 Å². The molecule has 2 atom stereocenters. The van der Waals surface area contributed by atoms with Crippen molar-refractivity contribution in [3.05, 3.63) is 28.2 Å². The first-order chi connectivity index (χ1) is 9.77. The van der Waals surface area contributed by atoms with Crippen LogP contribution >= 0.6 is 15.9 Å². The molecule has 0 bridgehead atoms. The van der Waals surface area contributed by atoms with Crippen LogP contribution < -0.4 is 5.32 Å². The van der Waals surface area contributed by atoms with E-state index in [1.165, 1.54) is 6.07 Å². The Hall–Kier alpha value is -1.24. The summed E-state index contributed by atoms with van der Waals surface area (Å²) in [5.41, 5.74) is -0.375. The van der Waals surface area contributed by atoms with Crippen molar-refractivity contribution in [1.29, 1.82) is 0 Å². The second-order valence-corrected chi connectivity index (χ2v) is 6.09. The molecule has 0 saturated heterocycles. The molecule has 1 aromatic carbocycles. The van der Waals surface area contributed by atoms with Gasteiger partial charge in [0.05, 0.1) is 11.5 Å². The summed E-state index contributed by atoms with van der Waals surface area (Å²) in [6.07, 6.45) is -1.83. The van der Waals surface area contributed by atoms with Crippen LogP contribution in [0.4, 0.5) is 18.9 Å². The van der Waals surface area contributed by atoms with Gasteiger partial charge in [0.2, 0.25) is 0 Å². The Balaban J connectivity index is 2.13. The SMILES string of the molecule is O=C(O)C1CCCC(Nc2cc(C(F)(F)F)ccc2Br)C1. The lowest BCUT2D eigenvalue weighted by Gasteiger charge is -2.28. The van der Waals surface area contributed by atoms with Crippen LogP contribution in [-0.2, 0) is 11.0 Å². The summed E-state index contributed by atoms with van der Waals surface area (Å²) in [4.78, 5) is 11.0. The van der Waals surface area contributed by atoms with Gasteiger partial charge in [0, 0.05) is 16.2 Å². The molecule has 7 heteroatoms. The van der Waals surface area contributed by atoms with Crippen LogP contribution in [0.15, 0.2) is 22.7 Å². The Kier molecular flexibility index (Phi) is 4.81. The average molecular weight is 366 g/mol. The minimum atomic E-state index is -4.40. The number of halogens is 4. The van der Waals surface area contributed by atoms with E-state index < -0.39 is 23.6 Å². The average Bonchev–Trinajstić information content (AvgIpc) is 2.40. The van der Waals surface area contributed by atoms with Crippen molar-refractivity contribution >= 4 is 27.6 Å². The highest BCUT2D eigenvalue weighted by atomic mass is 79.9. The zero-order chi connectivity index (χ0) is 15.6. The van der Waals surface area contributed by atoms with E-state index in [4.69, 9.17) is 5.11 Å². The smallest absolute Gasteiger partial charge is 0.416 e. The van der Waals surface area contributed by atoms with E-state index in [1.54, 1.807) is 0 Å². The van der Waals surface area contributed by atoms with Crippen LogP contribution in [0.25, 0.3) is 0 Å². The summed E-state index contributed by atoms with van der Waals surface area (Å²) in [6.45, 7) is 0. The number of aliphatic carboxylic acids is 1. The Labute approximate surface area is 128 Å². The molecular formula is C14H15BrF3NO2. The molecule has 0 aromatic heterocycles. The van der Waals surface area contributed by atoms with Gasteiger partial charge in [0.15, 0.2) is 0 Å². The maximum absolute atomic E-state index is 12.7. The Morgan fingerprint density at radius 3 is 2.67 bits per heavy atom. The predicted molar refractivity (Wildman–Crippen MR) is 76.1 cm³/mol. The standard InChI is InChI=1S/C14H15BrF3NO2/c15-11-5-4-9(14(16,17)18)7-12(11)19-10-3-1-2-8(6-10)13(20)21/h4-5,7-8,10,19H,1-3,6H2,(H,20,21). The molecule has 0 amide bonds. The number of alkyl halides is 3. The van der Waals surface area contributed by atoms with Gasteiger partial charge in [-0.2, -0.15) is 13.2 Å². The van der Waals surface area contributed by atoms with Crippen molar-refractivity contribution in [2.24, 2.45) is 5.92 Å². The van der Waals surface area contributed by atoms with Gasteiger partial charge < -0.3 is 10.4 Å². The minimum absolute atomic E-state index is 0.125. The van der Waals surface area contributed by atoms with Gasteiger partial charge in [-0.3, -0.25) is 4.79 Å². The highest BCUT2D eigenvalue weighted by Crippen LogP contribution is 2.35. The summed E-state index contributed by atoms with van der Waals surface area (Å²) in [5, 5.41) is 12.1. The molecule has 1 fully saturated rings. The zero-order valence-corrected chi connectivity index (χ0v) is 12.7. The quantitative estimate of drug-likeness (QED) is 0.827. The molecule has 0 aliphatic heterocycles. The molecule has 21 heavy (non-hydrogen) atoms. The van der Waals surface area contributed by atoms with E-state index in [1.807, 2.05) is 0 Å². The molecule has 2 unspecified atom stereocenters. The molecule has 1 aromatic rings. The van der Waals surface area contributed by atoms with Gasteiger partial charge >= 0.3 is 12.1 Å². The maximum atomic E-state index is 12.7. The molecule has 0 spiro atoms. The van der Waals surface area contributed by atoms with Crippen LogP contribution in [0.2, 0.25) is 0 Å². The third-order valence-electron chi connectivity index (χ3n) is 3.68. The van der Waals surface area contributed by atoms with Crippen molar-refractivity contribution in [2.45, 2.75) is 37.9 Å². The topological polar surface area (TPSA) is 49.3 Å². The molecule has 1 saturated carbocycles.